The van der Waals surface area contributed by atoms with E-state index in [0.717, 1.165) is 25.0 Å². The zero-order valence-electron chi connectivity index (χ0n) is 12.2. The Hall–Kier alpha value is -2.71. The highest BCUT2D eigenvalue weighted by molar-refractivity contribution is 5.92. The Kier molecular flexibility index (Phi) is 3.98. The molecular formula is C13H16N4O5. The minimum Gasteiger partial charge on any atom is -0.319 e. The van der Waals surface area contributed by atoms with E-state index in [9.17, 15) is 25.0 Å². The fraction of sp³-hybridized carbons (Fsp3) is 0.462. The maximum absolute atomic E-state index is 12.3. The smallest absolute Gasteiger partial charge is 0.319 e. The number of nitrogens with one attached hydrogen (secondary N) is 1. The Morgan fingerprint density at radius 1 is 1.27 bits per heavy atom. The van der Waals surface area contributed by atoms with Crippen molar-refractivity contribution in [2.45, 2.75) is 32.2 Å². The lowest BCUT2D eigenvalue weighted by Crippen LogP contribution is -2.45. The number of carbonyl (C=O) groups excluding carboxylic acids is 1. The first-order chi connectivity index (χ1) is 10.2. The van der Waals surface area contributed by atoms with Crippen LogP contribution in [0.4, 0.5) is 21.9 Å². The van der Waals surface area contributed by atoms with Crippen molar-refractivity contribution in [2.24, 2.45) is 0 Å². The highest BCUT2D eigenvalue weighted by atomic mass is 16.6. The van der Waals surface area contributed by atoms with Gasteiger partial charge in [-0.25, -0.2) is 4.79 Å². The average molecular weight is 308 g/mol. The highest BCUT2D eigenvalue weighted by Gasteiger charge is 2.36. The van der Waals surface area contributed by atoms with Gasteiger partial charge < -0.3 is 10.2 Å². The molecule has 1 aromatic rings. The van der Waals surface area contributed by atoms with Crippen LogP contribution >= 0.6 is 0 Å². The number of likely N-dealkylation sites (tertiary alicyclic amines) is 1. The number of non-ortho nitro benzene ring substituents is 1. The van der Waals surface area contributed by atoms with Crippen LogP contribution in [0.5, 0.6) is 0 Å². The summed E-state index contributed by atoms with van der Waals surface area (Å²) < 4.78 is 0. The second-order valence-corrected chi connectivity index (χ2v) is 5.71. The van der Waals surface area contributed by atoms with E-state index in [0.29, 0.717) is 6.54 Å². The number of benzene rings is 1. The number of amides is 2. The summed E-state index contributed by atoms with van der Waals surface area (Å²) in [6.07, 6.45) is 1.71. The molecule has 9 heteroatoms. The molecule has 1 saturated heterocycles. The van der Waals surface area contributed by atoms with Crippen molar-refractivity contribution < 1.29 is 14.6 Å². The van der Waals surface area contributed by atoms with Crippen LogP contribution in [0, 0.1) is 20.2 Å². The van der Waals surface area contributed by atoms with E-state index in [4.69, 9.17) is 0 Å². The normalized spacial score (nSPS) is 16.4. The average Bonchev–Trinajstić information content (AvgIpc) is 2.78. The summed E-state index contributed by atoms with van der Waals surface area (Å²) >= 11 is 0. The lowest BCUT2D eigenvalue weighted by Gasteiger charge is -2.31. The number of rotatable bonds is 3. The fourth-order valence-corrected chi connectivity index (χ4v) is 2.56. The van der Waals surface area contributed by atoms with Crippen molar-refractivity contribution >= 4 is 23.1 Å². The zero-order valence-corrected chi connectivity index (χ0v) is 12.2. The van der Waals surface area contributed by atoms with Crippen molar-refractivity contribution in [1.82, 2.24) is 4.90 Å². The van der Waals surface area contributed by atoms with Gasteiger partial charge in [0.05, 0.1) is 15.9 Å². The first kappa shape index (κ1) is 15.7. The van der Waals surface area contributed by atoms with E-state index < -0.39 is 27.3 Å². The monoisotopic (exact) mass is 308 g/mol. The van der Waals surface area contributed by atoms with Crippen LogP contribution < -0.4 is 5.32 Å². The minimum atomic E-state index is -0.752. The minimum absolute atomic E-state index is 0.0525. The molecule has 0 saturated carbocycles. The summed E-state index contributed by atoms with van der Waals surface area (Å²) in [5, 5.41) is 24.2. The number of hydrogen-bond donors (Lipinski definition) is 1. The zero-order chi connectivity index (χ0) is 16.5. The van der Waals surface area contributed by atoms with E-state index in [1.54, 1.807) is 4.90 Å². The van der Waals surface area contributed by atoms with Crippen LogP contribution in [-0.4, -0.2) is 32.9 Å². The van der Waals surface area contributed by atoms with Gasteiger partial charge in [-0.2, -0.15) is 0 Å². The molecule has 0 bridgehead atoms. The molecule has 118 valence electrons. The molecule has 0 atom stereocenters. The Morgan fingerprint density at radius 3 is 2.45 bits per heavy atom. The van der Waals surface area contributed by atoms with E-state index in [-0.39, 0.29) is 11.2 Å². The molecule has 0 aromatic heterocycles. The maximum atomic E-state index is 12.3. The van der Waals surface area contributed by atoms with Gasteiger partial charge in [-0.3, -0.25) is 20.2 Å². The molecule has 1 aliphatic heterocycles. The molecule has 2 amide bonds. The molecule has 22 heavy (non-hydrogen) atoms. The van der Waals surface area contributed by atoms with Gasteiger partial charge >= 0.3 is 6.03 Å². The molecule has 1 N–H and O–H groups in total. The molecule has 1 aliphatic rings. The molecule has 9 nitrogen and oxygen atoms in total. The van der Waals surface area contributed by atoms with Crippen LogP contribution in [-0.2, 0) is 0 Å². The second kappa shape index (κ2) is 5.58. The third-order valence-electron chi connectivity index (χ3n) is 3.78. The number of nitro groups is 2. The number of nitro benzene ring substituents is 2. The first-order valence-electron chi connectivity index (χ1n) is 6.74. The van der Waals surface area contributed by atoms with Crippen molar-refractivity contribution in [1.29, 1.82) is 0 Å². The van der Waals surface area contributed by atoms with Crippen molar-refractivity contribution in [3.05, 3.63) is 38.4 Å². The quantitative estimate of drug-likeness (QED) is 0.680. The van der Waals surface area contributed by atoms with Crippen LogP contribution in [0.2, 0.25) is 0 Å². The van der Waals surface area contributed by atoms with Gasteiger partial charge in [0.15, 0.2) is 0 Å². The van der Waals surface area contributed by atoms with Crippen molar-refractivity contribution in [3.63, 3.8) is 0 Å². The fourth-order valence-electron chi connectivity index (χ4n) is 2.56. The lowest BCUT2D eigenvalue weighted by molar-refractivity contribution is -0.393. The van der Waals surface area contributed by atoms with Crippen molar-refractivity contribution in [2.75, 3.05) is 11.9 Å². The molecule has 0 unspecified atom stereocenters. The van der Waals surface area contributed by atoms with Gasteiger partial charge in [0, 0.05) is 18.2 Å². The van der Waals surface area contributed by atoms with Gasteiger partial charge in [-0.05, 0) is 32.8 Å². The Bertz CT molecular complexity index is 643. The highest BCUT2D eigenvalue weighted by Crippen LogP contribution is 2.32. The first-order valence-corrected chi connectivity index (χ1v) is 6.74. The number of nitrogens with zero attached hydrogens (tertiary/aromatic N) is 3. The Morgan fingerprint density at radius 2 is 1.95 bits per heavy atom. The van der Waals surface area contributed by atoms with Crippen molar-refractivity contribution in [3.8, 4) is 0 Å². The standard InChI is InChI=1S/C13H16N4O5/c1-13(2)6-3-7-15(13)12(18)14-10-5-4-9(16(19)20)8-11(10)17(21)22/h4-5,8H,3,6-7H2,1-2H3,(H,14,18). The van der Waals surface area contributed by atoms with Gasteiger partial charge in [-0.15, -0.1) is 0 Å². The molecule has 0 radical (unpaired) electrons. The van der Waals surface area contributed by atoms with Crippen LogP contribution in [0.1, 0.15) is 26.7 Å². The third-order valence-corrected chi connectivity index (χ3v) is 3.78. The summed E-state index contributed by atoms with van der Waals surface area (Å²) in [7, 11) is 0. The number of hydrogen-bond acceptors (Lipinski definition) is 5. The number of anilines is 1. The van der Waals surface area contributed by atoms with Crippen LogP contribution in [0.25, 0.3) is 0 Å². The molecule has 1 aromatic carbocycles. The second-order valence-electron chi connectivity index (χ2n) is 5.71. The molecule has 0 spiro atoms. The molecule has 2 rings (SSSR count). The van der Waals surface area contributed by atoms with Gasteiger partial charge in [0.25, 0.3) is 11.4 Å². The Balaban J connectivity index is 2.27. The van der Waals surface area contributed by atoms with Gasteiger partial charge in [0.1, 0.15) is 5.69 Å². The third kappa shape index (κ3) is 2.97. The molecule has 1 heterocycles. The topological polar surface area (TPSA) is 119 Å². The number of urea groups is 1. The predicted molar refractivity (Wildman–Crippen MR) is 78.8 cm³/mol. The summed E-state index contributed by atoms with van der Waals surface area (Å²) in [6, 6.07) is 2.69. The SMILES string of the molecule is CC1(C)CCCN1C(=O)Nc1ccc([N+](=O)[O-])cc1[N+](=O)[O-]. The molecular weight excluding hydrogens is 292 g/mol. The summed E-state index contributed by atoms with van der Waals surface area (Å²) in [5.74, 6) is 0. The molecule has 0 aliphatic carbocycles. The van der Waals surface area contributed by atoms with Gasteiger partial charge in [0.2, 0.25) is 0 Å². The largest absolute Gasteiger partial charge is 0.322 e. The maximum Gasteiger partial charge on any atom is 0.322 e. The molecule has 1 fully saturated rings. The van der Waals surface area contributed by atoms with E-state index in [1.165, 1.54) is 6.07 Å². The predicted octanol–water partition coefficient (Wildman–Crippen LogP) is 2.91. The Labute approximate surface area is 126 Å². The summed E-state index contributed by atoms with van der Waals surface area (Å²) in [6.45, 7) is 4.41. The number of carbonyl (C=O) groups is 1. The van der Waals surface area contributed by atoms with Crippen LogP contribution in [0.3, 0.4) is 0 Å². The lowest BCUT2D eigenvalue weighted by atomic mass is 10.0. The summed E-state index contributed by atoms with van der Waals surface area (Å²) in [4.78, 5) is 34.2. The van der Waals surface area contributed by atoms with Gasteiger partial charge in [-0.1, -0.05) is 0 Å². The summed E-state index contributed by atoms with van der Waals surface area (Å²) in [5.41, 5.74) is -1.27. The van der Waals surface area contributed by atoms with E-state index in [1.807, 2.05) is 13.8 Å². The van der Waals surface area contributed by atoms with Crippen LogP contribution in [0.15, 0.2) is 18.2 Å². The van der Waals surface area contributed by atoms with E-state index >= 15 is 0 Å². The van der Waals surface area contributed by atoms with E-state index in [2.05, 4.69) is 5.32 Å².